The van der Waals surface area contributed by atoms with Crippen molar-refractivity contribution in [1.82, 2.24) is 38.9 Å². The number of ether oxygens (including phenoxy) is 1. The van der Waals surface area contributed by atoms with Crippen LogP contribution in [0.2, 0.25) is 0 Å². The van der Waals surface area contributed by atoms with E-state index in [0.717, 1.165) is 121 Å². The number of benzene rings is 2. The molecule has 4 aromatic heterocycles. The number of likely N-dealkylation sites (tertiary alicyclic amines) is 2. The molecule has 11 rings (SSSR count). The van der Waals surface area contributed by atoms with Crippen LogP contribution in [0, 0.1) is 23.7 Å². The fraction of sp³-hybridized carbons (Fsp3) is 0.564. The van der Waals surface area contributed by atoms with Gasteiger partial charge in [-0.2, -0.15) is 10.2 Å². The van der Waals surface area contributed by atoms with Crippen LogP contribution in [0.4, 0.5) is 0 Å². The van der Waals surface area contributed by atoms with Gasteiger partial charge in [0.1, 0.15) is 6.23 Å². The number of rotatable bonds is 9. The Labute approximate surface area is 391 Å². The molecule has 0 bridgehead atoms. The normalized spacial score (nSPS) is 22.8. The Balaban J connectivity index is 0.000000158. The first kappa shape index (κ1) is 44.7. The molecule has 2 aliphatic carbocycles. The molecule has 6 aromatic rings. The van der Waals surface area contributed by atoms with Gasteiger partial charge in [-0.3, -0.25) is 14.7 Å². The molecule has 2 aromatic carbocycles. The van der Waals surface area contributed by atoms with Crippen molar-refractivity contribution in [3.63, 3.8) is 0 Å². The van der Waals surface area contributed by atoms with Crippen LogP contribution in [-0.4, -0.2) is 83.5 Å². The number of nitrogens with zero attached hydrogens (tertiary/aromatic N) is 7. The van der Waals surface area contributed by atoms with E-state index in [-0.39, 0.29) is 6.23 Å². The van der Waals surface area contributed by atoms with E-state index >= 15 is 0 Å². The number of hydrogen-bond donors (Lipinski definition) is 1. The molecule has 11 heteroatoms. The zero-order valence-electron chi connectivity index (χ0n) is 39.2. The molecule has 7 heterocycles. The molecule has 3 aliphatic heterocycles. The van der Waals surface area contributed by atoms with Gasteiger partial charge in [0.15, 0.2) is 0 Å². The van der Waals surface area contributed by atoms with E-state index in [1.54, 1.807) is 0 Å². The fourth-order valence-corrected chi connectivity index (χ4v) is 12.0. The first-order valence-corrected chi connectivity index (χ1v) is 25.9. The van der Waals surface area contributed by atoms with Gasteiger partial charge in [-0.25, -0.2) is 4.68 Å². The summed E-state index contributed by atoms with van der Waals surface area (Å²) in [5.41, 5.74) is 7.25. The lowest BCUT2D eigenvalue weighted by atomic mass is 9.88. The van der Waals surface area contributed by atoms with Crippen LogP contribution in [0.3, 0.4) is 0 Å². The van der Waals surface area contributed by atoms with Crippen LogP contribution in [-0.2, 0) is 27.4 Å². The predicted octanol–water partition coefficient (Wildman–Crippen LogP) is 11.7. The summed E-state index contributed by atoms with van der Waals surface area (Å²) in [4.78, 5) is 30.4. The molecule has 11 nitrogen and oxygen atoms in total. The summed E-state index contributed by atoms with van der Waals surface area (Å²) in [6.07, 6.45) is 34.7. The number of carbonyl (C=O) groups excluding carboxylic acids is 2. The lowest BCUT2D eigenvalue weighted by Crippen LogP contribution is -2.37. The number of hydrogen-bond acceptors (Lipinski definition) is 5. The van der Waals surface area contributed by atoms with Crippen LogP contribution >= 0.6 is 0 Å². The lowest BCUT2D eigenvalue weighted by molar-refractivity contribution is -0.137. The average molecular weight is 893 g/mol. The Bertz CT molecular complexity index is 2500. The first-order valence-electron chi connectivity index (χ1n) is 25.9. The smallest absolute Gasteiger partial charge is 0.225 e. The molecule has 3 unspecified atom stereocenters. The highest BCUT2D eigenvalue weighted by Gasteiger charge is 2.30. The van der Waals surface area contributed by atoms with Crippen LogP contribution in [0.5, 0.6) is 0 Å². The maximum Gasteiger partial charge on any atom is 0.225 e. The summed E-state index contributed by atoms with van der Waals surface area (Å²) in [5.74, 6) is 2.73. The van der Waals surface area contributed by atoms with E-state index in [9.17, 15) is 9.59 Å². The molecule has 3 saturated heterocycles. The van der Waals surface area contributed by atoms with Crippen molar-refractivity contribution >= 4 is 33.6 Å². The molecule has 5 aliphatic rings. The summed E-state index contributed by atoms with van der Waals surface area (Å²) in [7, 11) is 0. The molecule has 2 saturated carbocycles. The molecule has 3 atom stereocenters. The van der Waals surface area contributed by atoms with E-state index in [0.29, 0.717) is 35.5 Å². The molecule has 2 amide bonds. The number of fused-ring (bicyclic) bond motifs is 2. The molecule has 0 radical (unpaired) electrons. The summed E-state index contributed by atoms with van der Waals surface area (Å²) < 4.78 is 12.7. The molecule has 350 valence electrons. The topological polar surface area (TPSA) is 106 Å². The maximum absolute atomic E-state index is 13.1. The highest BCUT2D eigenvalue weighted by Crippen LogP contribution is 2.33. The Morgan fingerprint density at radius 3 is 1.65 bits per heavy atom. The second-order valence-corrected chi connectivity index (χ2v) is 20.4. The van der Waals surface area contributed by atoms with Gasteiger partial charge in [-0.1, -0.05) is 50.7 Å². The van der Waals surface area contributed by atoms with Gasteiger partial charge in [0.2, 0.25) is 11.8 Å². The van der Waals surface area contributed by atoms with Crippen molar-refractivity contribution in [3.8, 4) is 22.3 Å². The van der Waals surface area contributed by atoms with E-state index < -0.39 is 0 Å². The van der Waals surface area contributed by atoms with Gasteiger partial charge >= 0.3 is 0 Å². The molecular formula is C55H72N8O3. The second kappa shape index (κ2) is 21.2. The maximum atomic E-state index is 13.1. The van der Waals surface area contributed by atoms with Crippen molar-refractivity contribution < 1.29 is 14.3 Å². The standard InChI is InChI=1S/C30H40N4O2.C25H32N4O/c35-30(24-8-2-1-3-9-24)32-15-6-7-23(13-16-32)21-33-17-14-26-19-25(11-12-28(26)33)27-20-31-34(22-27)29-10-4-5-18-36-29;30-25(20-6-2-1-3-7-20)28-12-4-5-19(10-13-28)18-29-14-11-22-15-21(8-9-24(22)29)23-16-26-27-17-23/h11-12,14,17,19-20,22-24,29H,1-10,13,15-16,18,21H2;8-9,11,14-17,19-20H,1-7,10,12-13,18H2,(H,26,27). The SMILES string of the molecule is O=C(C1CCCCC1)N1CCCC(Cn2ccc3cc(-c4cn[nH]c4)ccc32)CC1.O=C(C1CCCCC1)N1CCCC(Cn2ccc3cc(-c4cnn(C5CCCCO5)c4)ccc32)CC1. The Morgan fingerprint density at radius 1 is 0.561 bits per heavy atom. The van der Waals surface area contributed by atoms with Gasteiger partial charge in [-0.15, -0.1) is 0 Å². The number of nitrogens with one attached hydrogen (secondary N) is 1. The number of aromatic nitrogens is 6. The van der Waals surface area contributed by atoms with Crippen LogP contribution < -0.4 is 0 Å². The quantitative estimate of drug-likeness (QED) is 0.156. The van der Waals surface area contributed by atoms with Crippen molar-refractivity contribution in [2.45, 2.75) is 141 Å². The minimum absolute atomic E-state index is 0.0748. The highest BCUT2D eigenvalue weighted by molar-refractivity contribution is 5.86. The first-order chi connectivity index (χ1) is 32.5. The van der Waals surface area contributed by atoms with Crippen molar-refractivity contribution in [2.24, 2.45) is 23.7 Å². The zero-order valence-corrected chi connectivity index (χ0v) is 39.2. The third-order valence-electron chi connectivity index (χ3n) is 15.9. The predicted molar refractivity (Wildman–Crippen MR) is 263 cm³/mol. The van der Waals surface area contributed by atoms with Crippen molar-refractivity contribution in [2.75, 3.05) is 32.8 Å². The van der Waals surface area contributed by atoms with E-state index in [1.807, 2.05) is 23.3 Å². The van der Waals surface area contributed by atoms with Crippen molar-refractivity contribution in [3.05, 3.63) is 85.7 Å². The third kappa shape index (κ3) is 10.5. The van der Waals surface area contributed by atoms with E-state index in [2.05, 4.69) is 101 Å². The van der Waals surface area contributed by atoms with E-state index in [4.69, 9.17) is 4.74 Å². The Kier molecular flexibility index (Phi) is 14.4. The average Bonchev–Trinajstić information content (AvgIpc) is 4.18. The molecule has 1 N–H and O–H groups in total. The fourth-order valence-electron chi connectivity index (χ4n) is 12.0. The summed E-state index contributed by atoms with van der Waals surface area (Å²) in [6, 6.07) is 17.9. The summed E-state index contributed by atoms with van der Waals surface area (Å²) in [6.45, 7) is 6.66. The van der Waals surface area contributed by atoms with Gasteiger partial charge in [-0.05, 0) is 143 Å². The van der Waals surface area contributed by atoms with Crippen LogP contribution in [0.25, 0.3) is 44.1 Å². The van der Waals surface area contributed by atoms with Gasteiger partial charge < -0.3 is 23.7 Å². The van der Waals surface area contributed by atoms with Crippen LogP contribution in [0.1, 0.15) is 128 Å². The molecule has 0 spiro atoms. The molecular weight excluding hydrogens is 821 g/mol. The lowest BCUT2D eigenvalue weighted by Gasteiger charge is -2.28. The second-order valence-electron chi connectivity index (χ2n) is 20.4. The Hall–Kier alpha value is -5.16. The number of amides is 2. The summed E-state index contributed by atoms with van der Waals surface area (Å²) >= 11 is 0. The molecule has 66 heavy (non-hydrogen) atoms. The largest absolute Gasteiger partial charge is 0.357 e. The summed E-state index contributed by atoms with van der Waals surface area (Å²) in [5, 5.41) is 14.1. The van der Waals surface area contributed by atoms with Crippen LogP contribution in [0.15, 0.2) is 85.7 Å². The monoisotopic (exact) mass is 893 g/mol. The third-order valence-corrected chi connectivity index (χ3v) is 15.9. The number of aromatic amines is 1. The zero-order chi connectivity index (χ0) is 44.7. The van der Waals surface area contributed by atoms with Gasteiger partial charge in [0.25, 0.3) is 0 Å². The highest BCUT2D eigenvalue weighted by atomic mass is 16.5. The number of carbonyl (C=O) groups is 2. The van der Waals surface area contributed by atoms with E-state index in [1.165, 1.54) is 90.7 Å². The van der Waals surface area contributed by atoms with Gasteiger partial charge in [0, 0.05) is 115 Å². The number of H-pyrrole nitrogens is 1. The van der Waals surface area contributed by atoms with Gasteiger partial charge in [0.05, 0.1) is 12.4 Å². The molecule has 5 fully saturated rings. The Morgan fingerprint density at radius 2 is 1.12 bits per heavy atom. The van der Waals surface area contributed by atoms with Crippen molar-refractivity contribution in [1.29, 1.82) is 0 Å². The minimum atomic E-state index is 0.0748. The minimum Gasteiger partial charge on any atom is -0.357 e.